The van der Waals surface area contributed by atoms with Gasteiger partial charge in [0.25, 0.3) is 0 Å². The second kappa shape index (κ2) is 4.89. The van der Waals surface area contributed by atoms with Crippen LogP contribution in [0.4, 0.5) is 0 Å². The maximum atomic E-state index is 5.49. The van der Waals surface area contributed by atoms with Crippen LogP contribution in [0.25, 0.3) is 11.0 Å². The van der Waals surface area contributed by atoms with Gasteiger partial charge in [0.1, 0.15) is 0 Å². The lowest BCUT2D eigenvalue weighted by Crippen LogP contribution is -2.03. The molecule has 4 heteroatoms. The third kappa shape index (κ3) is 2.39. The van der Waals surface area contributed by atoms with Crippen LogP contribution in [0.1, 0.15) is 25.6 Å². The normalized spacial score (nSPS) is 12.9. The highest BCUT2D eigenvalue weighted by molar-refractivity contribution is 9.10. The van der Waals surface area contributed by atoms with Crippen molar-refractivity contribution in [3.8, 4) is 0 Å². The smallest absolute Gasteiger partial charge is 0.0982 e. The molecule has 2 rings (SSSR count). The van der Waals surface area contributed by atoms with Gasteiger partial charge in [0, 0.05) is 11.1 Å². The molecular weight excluding hydrogens is 268 g/mol. The summed E-state index contributed by atoms with van der Waals surface area (Å²) in [6.07, 6.45) is 1.76. The molecule has 0 amide bonds. The summed E-state index contributed by atoms with van der Waals surface area (Å²) in [5.74, 6) is 0. The molecule has 0 saturated heterocycles. The molecule has 3 nitrogen and oxygen atoms in total. The van der Waals surface area contributed by atoms with Gasteiger partial charge in [-0.3, -0.25) is 4.98 Å². The molecule has 1 heterocycles. The van der Waals surface area contributed by atoms with E-state index >= 15 is 0 Å². The Labute approximate surface area is 103 Å². The maximum absolute atomic E-state index is 5.49. The Bertz CT molecular complexity index is 501. The molecule has 0 fully saturated rings. The molecule has 84 valence electrons. The number of benzene rings is 1. The van der Waals surface area contributed by atoms with Crippen molar-refractivity contribution < 1.29 is 4.74 Å². The average Bonchev–Trinajstić information content (AvgIpc) is 2.28. The number of hydrogen-bond acceptors (Lipinski definition) is 3. The summed E-state index contributed by atoms with van der Waals surface area (Å²) in [6.45, 7) is 4.64. The number of halogens is 1. The lowest BCUT2D eigenvalue weighted by molar-refractivity contribution is 0.0733. The Hall–Kier alpha value is -1.00. The molecule has 0 aliphatic carbocycles. The van der Waals surface area contributed by atoms with Crippen LogP contribution in [0.3, 0.4) is 0 Å². The van der Waals surface area contributed by atoms with Gasteiger partial charge in [-0.25, -0.2) is 4.98 Å². The molecule has 0 N–H and O–H groups in total. The second-order valence-corrected chi connectivity index (χ2v) is 4.44. The van der Waals surface area contributed by atoms with Crippen LogP contribution in [0.15, 0.2) is 28.9 Å². The van der Waals surface area contributed by atoms with Crippen molar-refractivity contribution in [3.05, 3.63) is 34.6 Å². The fourth-order valence-electron chi connectivity index (χ4n) is 1.53. The molecule has 0 saturated carbocycles. The van der Waals surface area contributed by atoms with Crippen LogP contribution in [-0.2, 0) is 4.74 Å². The van der Waals surface area contributed by atoms with Gasteiger partial charge in [-0.2, -0.15) is 0 Å². The molecule has 0 spiro atoms. The van der Waals surface area contributed by atoms with E-state index in [1.165, 1.54) is 0 Å². The minimum absolute atomic E-state index is 0.00875. The highest BCUT2D eigenvalue weighted by atomic mass is 79.9. The van der Waals surface area contributed by atoms with E-state index in [0.29, 0.717) is 6.61 Å². The first-order chi connectivity index (χ1) is 7.70. The summed E-state index contributed by atoms with van der Waals surface area (Å²) in [6, 6.07) is 5.87. The summed E-state index contributed by atoms with van der Waals surface area (Å²) in [4.78, 5) is 8.90. The quantitative estimate of drug-likeness (QED) is 0.863. The van der Waals surface area contributed by atoms with Gasteiger partial charge in [0.15, 0.2) is 0 Å². The summed E-state index contributed by atoms with van der Waals surface area (Å²) < 4.78 is 6.50. The Morgan fingerprint density at radius 2 is 2.19 bits per heavy atom. The highest BCUT2D eigenvalue weighted by Crippen LogP contribution is 2.19. The van der Waals surface area contributed by atoms with Crippen molar-refractivity contribution in [2.24, 2.45) is 0 Å². The fourth-order valence-corrected chi connectivity index (χ4v) is 1.88. The van der Waals surface area contributed by atoms with Gasteiger partial charge in [-0.05, 0) is 32.0 Å². The predicted molar refractivity (Wildman–Crippen MR) is 67.3 cm³/mol. The second-order valence-electron chi connectivity index (χ2n) is 3.53. The van der Waals surface area contributed by atoms with Crippen molar-refractivity contribution in [1.82, 2.24) is 9.97 Å². The van der Waals surface area contributed by atoms with E-state index in [0.717, 1.165) is 21.2 Å². The Balaban J connectivity index is 2.40. The minimum Gasteiger partial charge on any atom is -0.372 e. The molecule has 16 heavy (non-hydrogen) atoms. The zero-order valence-corrected chi connectivity index (χ0v) is 10.9. The Morgan fingerprint density at radius 1 is 1.38 bits per heavy atom. The van der Waals surface area contributed by atoms with E-state index in [9.17, 15) is 0 Å². The average molecular weight is 281 g/mol. The first kappa shape index (κ1) is 11.5. The summed E-state index contributed by atoms with van der Waals surface area (Å²) >= 11 is 3.41. The van der Waals surface area contributed by atoms with E-state index in [-0.39, 0.29) is 6.10 Å². The molecule has 0 aliphatic rings. The molecule has 2 aromatic rings. The van der Waals surface area contributed by atoms with Gasteiger partial charge in [0.2, 0.25) is 0 Å². The van der Waals surface area contributed by atoms with Crippen LogP contribution in [-0.4, -0.2) is 16.6 Å². The molecular formula is C12H13BrN2O. The van der Waals surface area contributed by atoms with Crippen LogP contribution < -0.4 is 0 Å². The van der Waals surface area contributed by atoms with Crippen LogP contribution in [0.2, 0.25) is 0 Å². The van der Waals surface area contributed by atoms with Gasteiger partial charge >= 0.3 is 0 Å². The molecule has 0 aliphatic heterocycles. The zero-order chi connectivity index (χ0) is 11.5. The molecule has 0 radical (unpaired) electrons. The minimum atomic E-state index is -0.00875. The van der Waals surface area contributed by atoms with Crippen LogP contribution in [0, 0.1) is 0 Å². The summed E-state index contributed by atoms with van der Waals surface area (Å²) in [5, 5.41) is 0. The Morgan fingerprint density at radius 3 is 2.94 bits per heavy atom. The van der Waals surface area contributed by atoms with Gasteiger partial charge in [0.05, 0.1) is 29.0 Å². The number of ether oxygens (including phenoxy) is 1. The van der Waals surface area contributed by atoms with Crippen molar-refractivity contribution in [2.75, 3.05) is 6.61 Å². The topological polar surface area (TPSA) is 35.0 Å². The lowest BCUT2D eigenvalue weighted by atomic mass is 10.2. The number of nitrogens with zero attached hydrogens (tertiary/aromatic N) is 2. The van der Waals surface area contributed by atoms with E-state index in [4.69, 9.17) is 4.74 Å². The van der Waals surface area contributed by atoms with Crippen LogP contribution in [0.5, 0.6) is 0 Å². The molecule has 1 aromatic carbocycles. The highest BCUT2D eigenvalue weighted by Gasteiger charge is 2.08. The number of rotatable bonds is 3. The third-order valence-electron chi connectivity index (χ3n) is 2.36. The SMILES string of the molecule is CCOC(C)c1cnc2cc(Br)ccc2n1. The van der Waals surface area contributed by atoms with E-state index in [2.05, 4.69) is 25.9 Å². The first-order valence-corrected chi connectivity index (χ1v) is 6.04. The molecule has 1 atom stereocenters. The Kier molecular flexibility index (Phi) is 3.51. The van der Waals surface area contributed by atoms with Crippen molar-refractivity contribution >= 4 is 27.0 Å². The number of fused-ring (bicyclic) bond motifs is 1. The third-order valence-corrected chi connectivity index (χ3v) is 2.85. The molecule has 1 aromatic heterocycles. The molecule has 0 bridgehead atoms. The standard InChI is InChI=1S/C12H13BrN2O/c1-3-16-8(2)12-7-14-11-6-9(13)4-5-10(11)15-12/h4-8H,3H2,1-2H3. The van der Waals surface area contributed by atoms with Gasteiger partial charge in [-0.15, -0.1) is 0 Å². The van der Waals surface area contributed by atoms with Crippen molar-refractivity contribution in [3.63, 3.8) is 0 Å². The maximum Gasteiger partial charge on any atom is 0.0982 e. The van der Waals surface area contributed by atoms with Crippen molar-refractivity contribution in [2.45, 2.75) is 20.0 Å². The van der Waals surface area contributed by atoms with E-state index < -0.39 is 0 Å². The van der Waals surface area contributed by atoms with Gasteiger partial charge < -0.3 is 4.74 Å². The monoisotopic (exact) mass is 280 g/mol. The number of hydrogen-bond donors (Lipinski definition) is 0. The first-order valence-electron chi connectivity index (χ1n) is 5.24. The lowest BCUT2D eigenvalue weighted by Gasteiger charge is -2.10. The predicted octanol–water partition coefficient (Wildman–Crippen LogP) is 3.49. The summed E-state index contributed by atoms with van der Waals surface area (Å²) in [7, 11) is 0. The van der Waals surface area contributed by atoms with E-state index in [1.54, 1.807) is 6.20 Å². The van der Waals surface area contributed by atoms with E-state index in [1.807, 2.05) is 32.0 Å². The van der Waals surface area contributed by atoms with Gasteiger partial charge in [-0.1, -0.05) is 15.9 Å². The number of aromatic nitrogens is 2. The summed E-state index contributed by atoms with van der Waals surface area (Å²) in [5.41, 5.74) is 2.66. The van der Waals surface area contributed by atoms with Crippen LogP contribution >= 0.6 is 15.9 Å². The fraction of sp³-hybridized carbons (Fsp3) is 0.333. The molecule has 1 unspecified atom stereocenters. The zero-order valence-electron chi connectivity index (χ0n) is 9.27. The largest absolute Gasteiger partial charge is 0.372 e. The van der Waals surface area contributed by atoms with Crippen molar-refractivity contribution in [1.29, 1.82) is 0 Å².